The van der Waals surface area contributed by atoms with E-state index in [1.165, 1.54) is 0 Å². The molecule has 1 unspecified atom stereocenters. The predicted octanol–water partition coefficient (Wildman–Crippen LogP) is 4.07. The van der Waals surface area contributed by atoms with Crippen LogP contribution in [-0.4, -0.2) is 68.2 Å². The number of amides is 1. The Bertz CT molecular complexity index is 1380. The molecule has 170 valence electrons. The van der Waals surface area contributed by atoms with Crippen LogP contribution in [0.15, 0.2) is 47.1 Å². The van der Waals surface area contributed by atoms with Crippen molar-refractivity contribution in [2.24, 2.45) is 0 Å². The van der Waals surface area contributed by atoms with Gasteiger partial charge in [-0.15, -0.1) is 0 Å². The lowest BCUT2D eigenvalue weighted by molar-refractivity contribution is -0.143. The minimum absolute atomic E-state index is 0.0144. The lowest BCUT2D eigenvalue weighted by atomic mass is 10.1. The number of pyridine rings is 1. The van der Waals surface area contributed by atoms with Crippen LogP contribution in [0.25, 0.3) is 27.9 Å². The van der Waals surface area contributed by atoms with Gasteiger partial charge in [-0.3, -0.25) is 17.6 Å². The van der Waals surface area contributed by atoms with Crippen LogP contribution in [0.2, 0.25) is 0 Å². The van der Waals surface area contributed by atoms with E-state index < -0.39 is 5.92 Å². The molecule has 0 bridgehead atoms. The molecular weight excluding hydrogens is 545 g/mol. The molecule has 11 heteroatoms. The van der Waals surface area contributed by atoms with E-state index in [-0.39, 0.29) is 25.0 Å². The number of aromatic nitrogens is 3. The molecule has 4 aromatic rings. The van der Waals surface area contributed by atoms with Crippen molar-refractivity contribution in [3.05, 3.63) is 48.4 Å². The summed E-state index contributed by atoms with van der Waals surface area (Å²) >= 11 is 1.97. The number of fused-ring (bicyclic) bond motifs is 2. The number of benzene rings is 1. The van der Waals surface area contributed by atoms with Crippen molar-refractivity contribution in [1.82, 2.24) is 24.2 Å². The van der Waals surface area contributed by atoms with E-state index in [1.807, 2.05) is 59.4 Å². The second-order valence-corrected chi connectivity index (χ2v) is 9.08. The molecule has 2 aliphatic rings. The number of carbonyl (C=O) groups excluding carboxylic acids is 1. The highest BCUT2D eigenvalue weighted by molar-refractivity contribution is 14.1. The molecule has 1 N–H and O–H groups in total. The summed E-state index contributed by atoms with van der Waals surface area (Å²) in [6, 6.07) is 9.98. The number of hydrogen-bond donors (Lipinski definition) is 1. The van der Waals surface area contributed by atoms with Gasteiger partial charge < -0.3 is 9.32 Å². The van der Waals surface area contributed by atoms with Crippen LogP contribution in [0.1, 0.15) is 16.9 Å². The van der Waals surface area contributed by atoms with Crippen LogP contribution in [0.5, 0.6) is 0 Å². The number of halogens is 3. The van der Waals surface area contributed by atoms with E-state index in [9.17, 15) is 13.6 Å². The van der Waals surface area contributed by atoms with Gasteiger partial charge in [0.15, 0.2) is 5.58 Å². The van der Waals surface area contributed by atoms with Gasteiger partial charge in [-0.2, -0.15) is 4.98 Å². The maximum atomic E-state index is 13.3. The second kappa shape index (κ2) is 7.62. The lowest BCUT2D eigenvalue weighted by Gasteiger charge is -2.42. The molecule has 2 fully saturated rings. The summed E-state index contributed by atoms with van der Waals surface area (Å²) in [5.74, 6) is -2.74. The van der Waals surface area contributed by atoms with Crippen molar-refractivity contribution >= 4 is 51.5 Å². The fourth-order valence-electron chi connectivity index (χ4n) is 4.65. The minimum atomic E-state index is -2.60. The van der Waals surface area contributed by atoms with Crippen molar-refractivity contribution in [3.8, 4) is 11.1 Å². The van der Waals surface area contributed by atoms with Crippen LogP contribution in [0.4, 0.5) is 14.8 Å². The van der Waals surface area contributed by atoms with Gasteiger partial charge in [0, 0.05) is 25.3 Å². The fraction of sp³-hybridized carbons (Fsp3) is 0.318. The molecule has 33 heavy (non-hydrogen) atoms. The van der Waals surface area contributed by atoms with Gasteiger partial charge in [-0.1, -0.05) is 6.07 Å². The molecule has 3 aromatic heterocycles. The molecule has 0 spiro atoms. The second-order valence-electron chi connectivity index (χ2n) is 8.54. The number of anilines is 1. The van der Waals surface area contributed by atoms with Crippen molar-refractivity contribution in [1.29, 1.82) is 0 Å². The zero-order valence-corrected chi connectivity index (χ0v) is 19.5. The molecule has 2 saturated heterocycles. The van der Waals surface area contributed by atoms with Gasteiger partial charge >= 0.3 is 6.01 Å². The van der Waals surface area contributed by atoms with Gasteiger partial charge in [0.05, 0.1) is 42.2 Å². The highest BCUT2D eigenvalue weighted by atomic mass is 127. The lowest BCUT2D eigenvalue weighted by Crippen LogP contribution is -2.60. The maximum Gasteiger partial charge on any atom is 0.304 e. The van der Waals surface area contributed by atoms with Crippen molar-refractivity contribution in [2.45, 2.75) is 18.4 Å². The summed E-state index contributed by atoms with van der Waals surface area (Å²) < 4.78 is 36.7. The zero-order valence-electron chi connectivity index (χ0n) is 17.3. The zero-order chi connectivity index (χ0) is 22.7. The van der Waals surface area contributed by atoms with E-state index in [0.29, 0.717) is 42.4 Å². The fourth-order valence-corrected chi connectivity index (χ4v) is 4.88. The minimum Gasteiger partial charge on any atom is -0.423 e. The number of hydrogen-bond acceptors (Lipinski definition) is 6. The first kappa shape index (κ1) is 20.8. The number of imidazole rings is 1. The summed E-state index contributed by atoms with van der Waals surface area (Å²) in [7, 11) is 0. The number of oxazole rings is 1. The Morgan fingerprint density at radius 2 is 2.03 bits per heavy atom. The normalized spacial score (nSPS) is 20.5. The Labute approximate surface area is 201 Å². The Morgan fingerprint density at radius 1 is 1.21 bits per heavy atom. The summed E-state index contributed by atoms with van der Waals surface area (Å²) in [5, 5.41) is 0. The van der Waals surface area contributed by atoms with E-state index in [0.717, 1.165) is 16.6 Å². The van der Waals surface area contributed by atoms with Crippen LogP contribution in [0, 0.1) is 0 Å². The van der Waals surface area contributed by atoms with Gasteiger partial charge in [0.2, 0.25) is 0 Å². The highest BCUT2D eigenvalue weighted by Gasteiger charge is 2.48. The molecular formula is C22H19F2IN6O2. The van der Waals surface area contributed by atoms with Gasteiger partial charge in [0.25, 0.3) is 11.8 Å². The number of carbonyl (C=O) groups is 1. The first-order valence-electron chi connectivity index (χ1n) is 10.6. The Balaban J connectivity index is 1.27. The third-order valence-electron chi connectivity index (χ3n) is 6.36. The topological polar surface area (TPSA) is 78.9 Å². The van der Waals surface area contributed by atoms with Gasteiger partial charge in [-0.25, -0.2) is 13.8 Å². The average Bonchev–Trinajstić information content (AvgIpc) is 3.53. The third kappa shape index (κ3) is 3.62. The molecule has 1 amide bonds. The number of nitrogens with one attached hydrogen (secondary N) is 1. The summed E-state index contributed by atoms with van der Waals surface area (Å²) in [6.45, 7) is 0.570. The average molecular weight is 564 g/mol. The van der Waals surface area contributed by atoms with Crippen LogP contribution in [0.3, 0.4) is 0 Å². The molecule has 0 saturated carbocycles. The van der Waals surface area contributed by atoms with Crippen molar-refractivity contribution < 1.29 is 18.0 Å². The summed E-state index contributed by atoms with van der Waals surface area (Å²) in [5.41, 5.74) is 4.38. The Hall–Kier alpha value is -2.80. The molecule has 6 rings (SSSR count). The van der Waals surface area contributed by atoms with Crippen LogP contribution in [-0.2, 0) is 0 Å². The molecule has 1 aromatic carbocycles. The van der Waals surface area contributed by atoms with E-state index in [2.05, 4.69) is 13.5 Å². The van der Waals surface area contributed by atoms with Crippen LogP contribution >= 0.6 is 22.9 Å². The first-order chi connectivity index (χ1) is 15.9. The molecule has 0 radical (unpaired) electrons. The Morgan fingerprint density at radius 3 is 2.82 bits per heavy atom. The summed E-state index contributed by atoms with van der Waals surface area (Å²) in [6.07, 6.45) is 4.17. The monoisotopic (exact) mass is 564 g/mol. The quantitative estimate of drug-likeness (QED) is 0.298. The van der Waals surface area contributed by atoms with E-state index >= 15 is 0 Å². The molecule has 8 nitrogen and oxygen atoms in total. The molecule has 2 aliphatic heterocycles. The van der Waals surface area contributed by atoms with Crippen LogP contribution < -0.4 is 3.53 Å². The first-order valence-corrected chi connectivity index (χ1v) is 11.6. The SMILES string of the molecule is O=C(c1cnc2ccc(-c3ccc4oc(NI)nc4c3)cn12)N1CCC(N2CC(F)(F)C2)C1. The Kier molecular flexibility index (Phi) is 4.80. The molecule has 0 aliphatic carbocycles. The number of rotatable bonds is 4. The smallest absolute Gasteiger partial charge is 0.304 e. The number of likely N-dealkylation sites (tertiary alicyclic amines) is 2. The summed E-state index contributed by atoms with van der Waals surface area (Å²) in [4.78, 5) is 25.5. The maximum absolute atomic E-state index is 13.3. The number of nitrogens with zero attached hydrogens (tertiary/aromatic N) is 5. The molecule has 5 heterocycles. The third-order valence-corrected chi connectivity index (χ3v) is 6.82. The van der Waals surface area contributed by atoms with E-state index in [4.69, 9.17) is 4.42 Å². The van der Waals surface area contributed by atoms with Gasteiger partial charge in [0.1, 0.15) is 16.9 Å². The van der Waals surface area contributed by atoms with E-state index in [1.54, 1.807) is 20.4 Å². The highest BCUT2D eigenvalue weighted by Crippen LogP contribution is 2.32. The number of alkyl halides is 2. The standard InChI is InChI=1S/C22H19F2IN6O2/c23-22(24)11-30(12-22)15-5-6-29(10-15)20(32)17-8-26-19-4-2-14(9-31(17)19)13-1-3-18-16(7-13)27-21(28-25)33-18/h1-4,7-9,15H,5-6,10-12H2,(H,27,28). The van der Waals surface area contributed by atoms with Crippen molar-refractivity contribution in [3.63, 3.8) is 0 Å². The van der Waals surface area contributed by atoms with Gasteiger partial charge in [-0.05, 0) is 41.8 Å². The largest absolute Gasteiger partial charge is 0.423 e. The predicted molar refractivity (Wildman–Crippen MR) is 127 cm³/mol. The van der Waals surface area contributed by atoms with Crippen molar-refractivity contribution in [2.75, 3.05) is 29.7 Å². The molecule has 1 atom stereocenters.